The number of aliphatic carboxylic acids is 2. The molecule has 0 aromatic carbocycles. The van der Waals surface area contributed by atoms with Crippen LogP contribution >= 0.6 is 13.5 Å². The summed E-state index contributed by atoms with van der Waals surface area (Å²) in [6.07, 6.45) is 13.7. The van der Waals surface area contributed by atoms with Crippen molar-refractivity contribution in [3.63, 3.8) is 0 Å². The van der Waals surface area contributed by atoms with Crippen LogP contribution in [0.3, 0.4) is 0 Å². The van der Waals surface area contributed by atoms with E-state index in [-0.39, 0.29) is 19.9 Å². The number of hydrogen-bond acceptors (Lipinski definition) is 2. The van der Waals surface area contributed by atoms with Crippen LogP contribution in [0.1, 0.15) is 71.1 Å². The molecule has 0 aromatic heterocycles. The molecule has 1 atom stereocenters. The van der Waals surface area contributed by atoms with E-state index in [0.29, 0.717) is 0 Å². The van der Waals surface area contributed by atoms with Crippen LogP contribution in [0.25, 0.3) is 0 Å². The van der Waals surface area contributed by atoms with Crippen molar-refractivity contribution >= 4 is 25.4 Å². The normalized spacial score (nSPS) is 12.0. The fourth-order valence-corrected chi connectivity index (χ4v) is 2.08. The van der Waals surface area contributed by atoms with Crippen molar-refractivity contribution in [3.05, 3.63) is 12.2 Å². The van der Waals surface area contributed by atoms with Crippen LogP contribution in [0, 0.1) is 5.92 Å². The van der Waals surface area contributed by atoms with Gasteiger partial charge in [-0.15, -0.1) is 0 Å². The molecule has 21 heavy (non-hydrogen) atoms. The average molecular weight is 318 g/mol. The van der Waals surface area contributed by atoms with Gasteiger partial charge in [0, 0.05) is 0 Å². The standard InChI is InChI=1S/C16H28O4.H2S/c1-2-3-4-5-6-7-8-9-10-11-12-14(16(19)20)13-15(17)18;/h11-12,14H,2-10,13H2,1H3,(H,17,18)(H,19,20);1H2. The lowest BCUT2D eigenvalue weighted by molar-refractivity contribution is -0.146. The molecule has 0 aliphatic rings. The zero-order valence-corrected chi connectivity index (χ0v) is 14.0. The molecule has 0 aromatic rings. The highest BCUT2D eigenvalue weighted by molar-refractivity contribution is 7.59. The van der Waals surface area contributed by atoms with Gasteiger partial charge in [-0.1, -0.05) is 64.0 Å². The van der Waals surface area contributed by atoms with E-state index in [9.17, 15) is 9.59 Å². The van der Waals surface area contributed by atoms with E-state index >= 15 is 0 Å². The van der Waals surface area contributed by atoms with E-state index in [1.165, 1.54) is 44.6 Å². The summed E-state index contributed by atoms with van der Waals surface area (Å²) >= 11 is 0. The van der Waals surface area contributed by atoms with E-state index in [2.05, 4.69) is 6.92 Å². The number of allylic oxidation sites excluding steroid dienone is 1. The monoisotopic (exact) mass is 318 g/mol. The first-order valence-corrected chi connectivity index (χ1v) is 7.69. The van der Waals surface area contributed by atoms with Crippen molar-refractivity contribution in [1.29, 1.82) is 0 Å². The summed E-state index contributed by atoms with van der Waals surface area (Å²) in [6.45, 7) is 2.21. The zero-order valence-electron chi connectivity index (χ0n) is 13.0. The Balaban J connectivity index is 0. The van der Waals surface area contributed by atoms with Crippen molar-refractivity contribution in [3.8, 4) is 0 Å². The highest BCUT2D eigenvalue weighted by atomic mass is 32.1. The number of carbonyl (C=O) groups is 2. The molecule has 0 bridgehead atoms. The molecule has 4 nitrogen and oxygen atoms in total. The summed E-state index contributed by atoms with van der Waals surface area (Å²) in [7, 11) is 0. The van der Waals surface area contributed by atoms with Crippen molar-refractivity contribution in [2.45, 2.75) is 71.1 Å². The minimum atomic E-state index is -1.07. The lowest BCUT2D eigenvalue weighted by atomic mass is 10.0. The molecule has 124 valence electrons. The molecule has 0 saturated carbocycles. The molecule has 0 aliphatic heterocycles. The Hall–Kier alpha value is -0.970. The largest absolute Gasteiger partial charge is 0.481 e. The zero-order chi connectivity index (χ0) is 15.2. The van der Waals surface area contributed by atoms with Gasteiger partial charge in [-0.2, -0.15) is 13.5 Å². The first-order valence-electron chi connectivity index (χ1n) is 7.69. The van der Waals surface area contributed by atoms with Crippen LogP contribution in [0.4, 0.5) is 0 Å². The molecule has 0 heterocycles. The maximum Gasteiger partial charge on any atom is 0.310 e. The fourth-order valence-electron chi connectivity index (χ4n) is 2.08. The highest BCUT2D eigenvalue weighted by Gasteiger charge is 2.17. The molecular weight excluding hydrogens is 288 g/mol. The summed E-state index contributed by atoms with van der Waals surface area (Å²) < 4.78 is 0. The van der Waals surface area contributed by atoms with Gasteiger partial charge in [0.05, 0.1) is 12.3 Å². The van der Waals surface area contributed by atoms with Gasteiger partial charge in [-0.3, -0.25) is 9.59 Å². The number of carboxylic acids is 2. The van der Waals surface area contributed by atoms with E-state index < -0.39 is 17.9 Å². The highest BCUT2D eigenvalue weighted by Crippen LogP contribution is 2.11. The van der Waals surface area contributed by atoms with Gasteiger partial charge < -0.3 is 10.2 Å². The second kappa shape index (κ2) is 15.4. The predicted octanol–water partition coefficient (Wildman–Crippen LogP) is 4.36. The van der Waals surface area contributed by atoms with Gasteiger partial charge in [-0.25, -0.2) is 0 Å². The Labute approximate surface area is 135 Å². The summed E-state index contributed by atoms with van der Waals surface area (Å²) in [5.74, 6) is -3.05. The van der Waals surface area contributed by atoms with Crippen LogP contribution in [0.5, 0.6) is 0 Å². The minimum Gasteiger partial charge on any atom is -0.481 e. The summed E-state index contributed by atoms with van der Waals surface area (Å²) in [5, 5.41) is 17.4. The number of hydrogen-bond donors (Lipinski definition) is 2. The molecular formula is C16H30O4S. The van der Waals surface area contributed by atoms with Crippen molar-refractivity contribution < 1.29 is 19.8 Å². The molecule has 5 heteroatoms. The molecule has 0 aliphatic carbocycles. The lowest BCUT2D eigenvalue weighted by Crippen LogP contribution is -2.15. The van der Waals surface area contributed by atoms with Gasteiger partial charge in [0.15, 0.2) is 0 Å². The van der Waals surface area contributed by atoms with Crippen LogP contribution in [-0.4, -0.2) is 22.2 Å². The second-order valence-corrected chi connectivity index (χ2v) is 5.23. The van der Waals surface area contributed by atoms with E-state index in [1.807, 2.05) is 0 Å². The molecule has 0 radical (unpaired) electrons. The van der Waals surface area contributed by atoms with Crippen molar-refractivity contribution in [1.82, 2.24) is 0 Å². The first kappa shape index (κ1) is 22.3. The maximum atomic E-state index is 10.8. The minimum absolute atomic E-state index is 0. The average Bonchev–Trinajstić information content (AvgIpc) is 2.39. The van der Waals surface area contributed by atoms with E-state index in [1.54, 1.807) is 6.08 Å². The molecule has 0 amide bonds. The molecule has 0 saturated heterocycles. The number of unbranched alkanes of at least 4 members (excludes halogenated alkanes) is 8. The molecule has 2 N–H and O–H groups in total. The Bertz CT molecular complexity index is 303. The second-order valence-electron chi connectivity index (χ2n) is 5.23. The van der Waals surface area contributed by atoms with Crippen LogP contribution in [0.15, 0.2) is 12.2 Å². The van der Waals surface area contributed by atoms with Gasteiger partial charge in [0.2, 0.25) is 0 Å². The molecule has 0 spiro atoms. The Kier molecular flexibility index (Phi) is 16.4. The third kappa shape index (κ3) is 15.2. The van der Waals surface area contributed by atoms with Crippen LogP contribution in [-0.2, 0) is 9.59 Å². The van der Waals surface area contributed by atoms with Crippen LogP contribution in [0.2, 0.25) is 0 Å². The number of rotatable bonds is 13. The maximum absolute atomic E-state index is 10.8. The first-order chi connectivity index (χ1) is 9.57. The summed E-state index contributed by atoms with van der Waals surface area (Å²) in [5.41, 5.74) is 0. The summed E-state index contributed by atoms with van der Waals surface area (Å²) in [4.78, 5) is 21.3. The van der Waals surface area contributed by atoms with Gasteiger partial charge in [-0.05, 0) is 12.8 Å². The van der Waals surface area contributed by atoms with Gasteiger partial charge in [0.25, 0.3) is 0 Å². The lowest BCUT2D eigenvalue weighted by Gasteiger charge is -2.03. The van der Waals surface area contributed by atoms with E-state index in [4.69, 9.17) is 10.2 Å². The van der Waals surface area contributed by atoms with Crippen LogP contribution < -0.4 is 0 Å². The summed E-state index contributed by atoms with van der Waals surface area (Å²) in [6, 6.07) is 0. The Morgan fingerprint density at radius 1 is 0.952 bits per heavy atom. The smallest absolute Gasteiger partial charge is 0.310 e. The quantitative estimate of drug-likeness (QED) is 0.391. The SMILES string of the molecule is CCCCCCCCCCC=CC(CC(=O)O)C(=O)O.S. The number of carboxylic acid groups (broad SMARTS) is 2. The fraction of sp³-hybridized carbons (Fsp3) is 0.750. The molecule has 1 unspecified atom stereocenters. The predicted molar refractivity (Wildman–Crippen MR) is 90.1 cm³/mol. The molecule has 0 fully saturated rings. The van der Waals surface area contributed by atoms with Gasteiger partial charge in [0.1, 0.15) is 0 Å². The topological polar surface area (TPSA) is 74.6 Å². The van der Waals surface area contributed by atoms with Gasteiger partial charge >= 0.3 is 11.9 Å². The van der Waals surface area contributed by atoms with Crippen molar-refractivity contribution in [2.24, 2.45) is 5.92 Å². The van der Waals surface area contributed by atoms with E-state index in [0.717, 1.165) is 19.3 Å². The Morgan fingerprint density at radius 3 is 1.95 bits per heavy atom. The third-order valence-electron chi connectivity index (χ3n) is 3.30. The molecule has 0 rings (SSSR count). The van der Waals surface area contributed by atoms with Crippen molar-refractivity contribution in [2.75, 3.05) is 0 Å². The Morgan fingerprint density at radius 2 is 1.48 bits per heavy atom. The third-order valence-corrected chi connectivity index (χ3v) is 3.30.